The molecular weight excluding hydrogens is 360 g/mol. The van der Waals surface area contributed by atoms with E-state index in [0.29, 0.717) is 13.1 Å². The fourth-order valence-electron chi connectivity index (χ4n) is 3.11. The van der Waals surface area contributed by atoms with Gasteiger partial charge >= 0.3 is 5.97 Å². The molecule has 1 saturated heterocycles. The lowest BCUT2D eigenvalue weighted by molar-refractivity contribution is -0.147. The first-order valence-electron chi connectivity index (χ1n) is 8.54. The van der Waals surface area contributed by atoms with Crippen molar-refractivity contribution in [3.05, 3.63) is 18.2 Å². The van der Waals surface area contributed by atoms with Crippen molar-refractivity contribution in [2.75, 3.05) is 25.5 Å². The van der Waals surface area contributed by atoms with E-state index in [0.717, 1.165) is 19.3 Å². The van der Waals surface area contributed by atoms with Crippen molar-refractivity contribution in [3.63, 3.8) is 0 Å². The van der Waals surface area contributed by atoms with Gasteiger partial charge in [0.05, 0.1) is 7.11 Å². The van der Waals surface area contributed by atoms with Crippen molar-refractivity contribution in [1.29, 1.82) is 0 Å². The monoisotopic (exact) mass is 382 g/mol. The number of aliphatic carboxylic acids is 1. The van der Waals surface area contributed by atoms with E-state index >= 15 is 0 Å². The molecule has 1 aromatic carbocycles. The summed E-state index contributed by atoms with van der Waals surface area (Å²) in [6.07, 6.45) is 3.17. The lowest BCUT2D eigenvalue weighted by Crippen LogP contribution is -2.36. The van der Waals surface area contributed by atoms with Gasteiger partial charge in [0.15, 0.2) is 0 Å². The van der Waals surface area contributed by atoms with Gasteiger partial charge in [-0.3, -0.25) is 9.59 Å². The summed E-state index contributed by atoms with van der Waals surface area (Å²) in [7, 11) is -2.38. The Bertz CT molecular complexity index is 826. The van der Waals surface area contributed by atoms with Crippen LogP contribution < -0.4 is 10.1 Å². The average Bonchev–Trinajstić information content (AvgIpc) is 3.44. The van der Waals surface area contributed by atoms with Crippen LogP contribution in [0.15, 0.2) is 23.1 Å². The number of carboxylic acid groups (broad SMARTS) is 1. The van der Waals surface area contributed by atoms with E-state index in [4.69, 9.17) is 4.74 Å². The lowest BCUT2D eigenvalue weighted by Gasteiger charge is -2.26. The van der Waals surface area contributed by atoms with Gasteiger partial charge < -0.3 is 15.2 Å². The Labute approximate surface area is 152 Å². The van der Waals surface area contributed by atoms with Gasteiger partial charge in [0.25, 0.3) is 0 Å². The number of nitrogens with one attached hydrogen (secondary N) is 1. The number of amides is 1. The van der Waals surface area contributed by atoms with E-state index < -0.39 is 27.3 Å². The van der Waals surface area contributed by atoms with Crippen LogP contribution in [0.25, 0.3) is 0 Å². The summed E-state index contributed by atoms with van der Waals surface area (Å²) in [6.45, 7) is 0.897. The number of anilines is 1. The maximum Gasteiger partial charge on any atom is 0.319 e. The van der Waals surface area contributed by atoms with E-state index in [9.17, 15) is 23.1 Å². The summed E-state index contributed by atoms with van der Waals surface area (Å²) >= 11 is 0. The second kappa shape index (κ2) is 6.88. The fourth-order valence-corrected chi connectivity index (χ4v) is 4.81. The second-order valence-corrected chi connectivity index (χ2v) is 8.58. The molecule has 0 radical (unpaired) electrons. The largest absolute Gasteiger partial charge is 0.495 e. The van der Waals surface area contributed by atoms with Gasteiger partial charge in [-0.15, -0.1) is 0 Å². The molecule has 3 rings (SSSR count). The van der Waals surface area contributed by atoms with Gasteiger partial charge in [-0.25, -0.2) is 8.42 Å². The van der Waals surface area contributed by atoms with Crippen molar-refractivity contribution < 1.29 is 27.9 Å². The number of sulfonamides is 1. The molecule has 0 spiro atoms. The normalized spacial score (nSPS) is 19.6. The van der Waals surface area contributed by atoms with Crippen LogP contribution in [0.4, 0.5) is 5.69 Å². The summed E-state index contributed by atoms with van der Waals surface area (Å²) in [5.41, 5.74) is -1.16. The molecule has 2 aliphatic rings. The highest BCUT2D eigenvalue weighted by atomic mass is 32.2. The lowest BCUT2D eigenvalue weighted by atomic mass is 10.1. The van der Waals surface area contributed by atoms with Gasteiger partial charge in [-0.1, -0.05) is 6.42 Å². The van der Waals surface area contributed by atoms with Gasteiger partial charge in [0.1, 0.15) is 16.1 Å². The summed E-state index contributed by atoms with van der Waals surface area (Å²) in [6, 6.07) is 4.30. The first-order valence-corrected chi connectivity index (χ1v) is 9.98. The molecule has 2 fully saturated rings. The van der Waals surface area contributed by atoms with Crippen molar-refractivity contribution in [2.45, 2.75) is 37.0 Å². The Morgan fingerprint density at radius 1 is 1.19 bits per heavy atom. The molecule has 1 amide bonds. The van der Waals surface area contributed by atoms with Crippen LogP contribution in [0, 0.1) is 5.41 Å². The van der Waals surface area contributed by atoms with E-state index in [1.165, 1.54) is 29.6 Å². The van der Waals surface area contributed by atoms with E-state index in [1.807, 2.05) is 0 Å². The van der Waals surface area contributed by atoms with Crippen LogP contribution in [-0.2, 0) is 19.6 Å². The Kier molecular flexibility index (Phi) is 4.94. The number of piperidine rings is 1. The first kappa shape index (κ1) is 18.7. The number of rotatable bonds is 6. The summed E-state index contributed by atoms with van der Waals surface area (Å²) in [5, 5.41) is 11.7. The minimum Gasteiger partial charge on any atom is -0.495 e. The molecule has 0 bridgehead atoms. The van der Waals surface area contributed by atoms with Crippen molar-refractivity contribution in [3.8, 4) is 5.75 Å². The summed E-state index contributed by atoms with van der Waals surface area (Å²) in [4.78, 5) is 23.5. The third kappa shape index (κ3) is 3.28. The van der Waals surface area contributed by atoms with Crippen molar-refractivity contribution in [2.24, 2.45) is 5.41 Å². The zero-order valence-corrected chi connectivity index (χ0v) is 15.3. The molecule has 2 N–H and O–H groups in total. The standard InChI is InChI=1S/C17H22N2O6S/c1-25-13-6-5-12(18-15(20)17(7-8-17)16(21)22)11-14(13)26(23,24)19-9-3-2-4-10-19/h5-6,11H,2-4,7-10H2,1H3,(H,18,20)(H,21,22). The van der Waals surface area contributed by atoms with E-state index in [-0.39, 0.29) is 29.2 Å². The molecular formula is C17H22N2O6S. The van der Waals surface area contributed by atoms with Gasteiger partial charge in [0, 0.05) is 18.8 Å². The topological polar surface area (TPSA) is 113 Å². The summed E-state index contributed by atoms with van der Waals surface area (Å²) < 4.78 is 32.5. The number of methoxy groups -OCH3 is 1. The number of hydrogen-bond donors (Lipinski definition) is 2. The molecule has 26 heavy (non-hydrogen) atoms. The highest BCUT2D eigenvalue weighted by molar-refractivity contribution is 7.89. The number of nitrogens with zero attached hydrogens (tertiary/aromatic N) is 1. The third-order valence-corrected chi connectivity index (χ3v) is 6.87. The zero-order valence-electron chi connectivity index (χ0n) is 14.5. The highest BCUT2D eigenvalue weighted by Gasteiger charge is 2.57. The molecule has 1 aliphatic heterocycles. The van der Waals surface area contributed by atoms with Crippen LogP contribution in [0.3, 0.4) is 0 Å². The molecule has 0 atom stereocenters. The Morgan fingerprint density at radius 3 is 2.38 bits per heavy atom. The molecule has 8 nitrogen and oxygen atoms in total. The Morgan fingerprint density at radius 2 is 1.85 bits per heavy atom. The van der Waals surface area contributed by atoms with E-state index in [1.54, 1.807) is 0 Å². The van der Waals surface area contributed by atoms with Crippen LogP contribution in [0.1, 0.15) is 32.1 Å². The van der Waals surface area contributed by atoms with Crippen LogP contribution in [0.2, 0.25) is 0 Å². The number of carbonyl (C=O) groups excluding carboxylic acids is 1. The zero-order chi connectivity index (χ0) is 18.9. The maximum absolute atomic E-state index is 13.0. The molecule has 1 aromatic rings. The number of carboxylic acids is 1. The molecule has 0 aromatic heterocycles. The predicted octanol–water partition coefficient (Wildman–Crippen LogP) is 1.67. The second-order valence-electron chi connectivity index (χ2n) is 6.67. The van der Waals surface area contributed by atoms with Crippen LogP contribution >= 0.6 is 0 Å². The predicted molar refractivity (Wildman–Crippen MR) is 93.5 cm³/mol. The van der Waals surface area contributed by atoms with Gasteiger partial charge in [0.2, 0.25) is 15.9 Å². The average molecular weight is 382 g/mol. The van der Waals surface area contributed by atoms with Crippen LogP contribution in [-0.4, -0.2) is 49.9 Å². The molecule has 0 unspecified atom stereocenters. The molecule has 142 valence electrons. The molecule has 1 heterocycles. The first-order chi connectivity index (χ1) is 12.3. The number of hydrogen-bond acceptors (Lipinski definition) is 5. The summed E-state index contributed by atoms with van der Waals surface area (Å²) in [5.74, 6) is -1.60. The number of benzene rings is 1. The Balaban J connectivity index is 1.89. The van der Waals surface area contributed by atoms with Gasteiger partial charge in [-0.2, -0.15) is 4.31 Å². The molecule has 1 saturated carbocycles. The SMILES string of the molecule is COc1ccc(NC(=O)C2(C(=O)O)CC2)cc1S(=O)(=O)N1CCCCC1. The van der Waals surface area contributed by atoms with Crippen molar-refractivity contribution in [1.82, 2.24) is 4.31 Å². The number of ether oxygens (including phenoxy) is 1. The Hall–Kier alpha value is -2.13. The minimum absolute atomic E-state index is 0.0279. The van der Waals surface area contributed by atoms with E-state index in [2.05, 4.69) is 5.32 Å². The quantitative estimate of drug-likeness (QED) is 0.724. The smallest absolute Gasteiger partial charge is 0.319 e. The maximum atomic E-state index is 13.0. The van der Waals surface area contributed by atoms with Crippen molar-refractivity contribution >= 4 is 27.6 Å². The third-order valence-electron chi connectivity index (χ3n) is 4.95. The number of carbonyl (C=O) groups is 2. The van der Waals surface area contributed by atoms with Crippen LogP contribution in [0.5, 0.6) is 5.75 Å². The minimum atomic E-state index is -3.76. The molecule has 1 aliphatic carbocycles. The molecule has 9 heteroatoms. The highest BCUT2D eigenvalue weighted by Crippen LogP contribution is 2.47. The van der Waals surface area contributed by atoms with Gasteiger partial charge in [-0.05, 0) is 43.9 Å². The fraction of sp³-hybridized carbons (Fsp3) is 0.529.